The van der Waals surface area contributed by atoms with E-state index in [4.69, 9.17) is 11.6 Å². The van der Waals surface area contributed by atoms with Crippen molar-refractivity contribution >= 4 is 24.2 Å². The van der Waals surface area contributed by atoms with Crippen LogP contribution < -0.4 is 5.30 Å². The number of alkyl halides is 1. The molecule has 0 saturated carbocycles. The molecule has 0 nitrogen and oxygen atoms in total. The van der Waals surface area contributed by atoms with Gasteiger partial charge >= 0.3 is 133 Å². The number of hydrogen-bond donors (Lipinski definition) is 0. The van der Waals surface area contributed by atoms with E-state index in [2.05, 4.69) is 60.7 Å². The molecule has 0 saturated heterocycles. The van der Waals surface area contributed by atoms with Crippen molar-refractivity contribution in [2.24, 2.45) is 0 Å². The van der Waals surface area contributed by atoms with Gasteiger partial charge in [0.25, 0.3) is 0 Å². The number of rotatable bonds is 2. The fourth-order valence-corrected chi connectivity index (χ4v) is 16.7. The summed E-state index contributed by atoms with van der Waals surface area (Å²) in [4.78, 5) is 0. The zero-order valence-electron chi connectivity index (χ0n) is 12.5. The third-order valence-corrected chi connectivity index (χ3v) is 13.5. The van der Waals surface area contributed by atoms with E-state index in [0.29, 0.717) is 0 Å². The Morgan fingerprint density at radius 2 is 1.37 bits per heavy atom. The van der Waals surface area contributed by atoms with Crippen LogP contribution in [0.5, 0.6) is 0 Å². The third kappa shape index (κ3) is 3.08. The van der Waals surface area contributed by atoms with E-state index in [1.807, 2.05) is 12.1 Å². The van der Waals surface area contributed by atoms with Gasteiger partial charge in [-0.05, 0) is 0 Å². The van der Waals surface area contributed by atoms with Gasteiger partial charge in [0.05, 0.1) is 0 Å². The summed E-state index contributed by atoms with van der Waals surface area (Å²) in [7, 11) is -2.14. The first-order valence-corrected chi connectivity index (χ1v) is 9.86. The summed E-state index contributed by atoms with van der Waals surface area (Å²) in [6, 6.07) is 6.93. The predicted octanol–water partition coefficient (Wildman–Crippen LogP) is 4.87. The van der Waals surface area contributed by atoms with Gasteiger partial charge in [-0.25, -0.2) is 0 Å². The molecule has 0 N–H and O–H groups in total. The van der Waals surface area contributed by atoms with Crippen molar-refractivity contribution in [2.75, 3.05) is 0 Å². The second-order valence-electron chi connectivity index (χ2n) is 7.08. The average molecular weight is 396 g/mol. The molecule has 1 aromatic rings. The predicted molar refractivity (Wildman–Crippen MR) is 83.5 cm³/mol. The van der Waals surface area contributed by atoms with Crippen molar-refractivity contribution in [3.63, 3.8) is 0 Å². The Balaban J connectivity index is 3.63. The number of hydrogen-bond acceptors (Lipinski definition) is 0. The van der Waals surface area contributed by atoms with E-state index in [1.165, 1.54) is 5.30 Å². The van der Waals surface area contributed by atoms with Gasteiger partial charge in [-0.3, -0.25) is 0 Å². The zero-order chi connectivity index (χ0) is 15.1. The molecule has 113 valence electrons. The second-order valence-corrected chi connectivity index (χ2v) is 15.8. The van der Waals surface area contributed by atoms with Crippen LogP contribution in [-0.4, -0.2) is 13.9 Å². The Hall–Kier alpha value is 0.532. The summed E-state index contributed by atoms with van der Waals surface area (Å²) < 4.78 is 13.2. The zero-order valence-corrected chi connectivity index (χ0v) is 15.8. The first-order chi connectivity index (χ1) is 8.44. The fraction of sp³-hybridized carbons (Fsp3) is 0.600. The van der Waals surface area contributed by atoms with E-state index in [9.17, 15) is 4.39 Å². The fourth-order valence-electron chi connectivity index (χ4n) is 3.42. The number of halogens is 2. The molecule has 0 radical (unpaired) electrons. The van der Waals surface area contributed by atoms with Crippen LogP contribution in [0.3, 0.4) is 0 Å². The minimum absolute atomic E-state index is 0.0639. The van der Waals surface area contributed by atoms with E-state index < -0.39 is 7.26 Å². The van der Waals surface area contributed by atoms with Gasteiger partial charge in [0, 0.05) is 0 Å². The Kier molecular flexibility index (Phi) is 5.30. The van der Waals surface area contributed by atoms with E-state index >= 15 is 0 Å². The monoisotopic (exact) mass is 395 g/mol. The van der Waals surface area contributed by atoms with Crippen LogP contribution in [-0.2, 0) is 19.2 Å². The first-order valence-electron chi connectivity index (χ1n) is 6.45. The Morgan fingerprint density at radius 1 is 1.00 bits per heavy atom. The van der Waals surface area contributed by atoms with Crippen molar-refractivity contribution in [1.82, 2.24) is 0 Å². The molecule has 0 bridgehead atoms. The quantitative estimate of drug-likeness (QED) is 0.380. The molecule has 1 unspecified atom stereocenters. The summed E-state index contributed by atoms with van der Waals surface area (Å²) in [5, 5.41) is 1.34. The van der Waals surface area contributed by atoms with Crippen molar-refractivity contribution in [3.8, 4) is 0 Å². The van der Waals surface area contributed by atoms with Gasteiger partial charge in [0.15, 0.2) is 0 Å². The van der Waals surface area contributed by atoms with Crippen LogP contribution in [0.1, 0.15) is 41.5 Å². The van der Waals surface area contributed by atoms with Gasteiger partial charge in [0.2, 0.25) is 0 Å². The minimum atomic E-state index is -2.14. The molecule has 0 aromatic heterocycles. The normalized spacial score (nSPS) is 16.3. The molecule has 0 heterocycles. The number of benzene rings is 1. The molecule has 0 fully saturated rings. The molecule has 0 aliphatic carbocycles. The molecule has 4 heteroatoms. The summed E-state index contributed by atoms with van der Waals surface area (Å²) in [5.41, 5.74) is 0. The van der Waals surface area contributed by atoms with Gasteiger partial charge in [-0.1, -0.05) is 0 Å². The van der Waals surface area contributed by atoms with Crippen LogP contribution in [0.15, 0.2) is 24.3 Å². The van der Waals surface area contributed by atoms with E-state index in [1.54, 1.807) is 12.1 Å². The van der Waals surface area contributed by atoms with Crippen LogP contribution in [0.25, 0.3) is 0 Å². The molecule has 0 spiro atoms. The van der Waals surface area contributed by atoms with Crippen molar-refractivity contribution in [1.29, 1.82) is 0 Å². The molecular formula is C15H24ClFPPd. The Bertz CT molecular complexity index is 415. The van der Waals surface area contributed by atoms with Crippen molar-refractivity contribution < 1.29 is 23.6 Å². The van der Waals surface area contributed by atoms with E-state index in [-0.39, 0.29) is 19.7 Å². The van der Waals surface area contributed by atoms with Crippen LogP contribution in [0, 0.1) is 5.82 Å². The summed E-state index contributed by atoms with van der Waals surface area (Å²) >= 11 is 9.99. The van der Waals surface area contributed by atoms with Crippen LogP contribution in [0.4, 0.5) is 4.39 Å². The molecule has 0 amide bonds. The molecule has 0 aliphatic rings. The maximum atomic E-state index is 13.2. The van der Waals surface area contributed by atoms with Crippen molar-refractivity contribution in [2.45, 2.75) is 55.4 Å². The van der Waals surface area contributed by atoms with Gasteiger partial charge in [0.1, 0.15) is 0 Å². The SMILES string of the molecule is CC(C)(C)[PH](c1ccc(F)cc1)([CH](Cl)[Pd])C(C)(C)C. The van der Waals surface area contributed by atoms with Crippen molar-refractivity contribution in [3.05, 3.63) is 30.1 Å². The molecule has 1 atom stereocenters. The topological polar surface area (TPSA) is 0 Å². The summed E-state index contributed by atoms with van der Waals surface area (Å²) in [5.74, 6) is -0.196. The van der Waals surface area contributed by atoms with Gasteiger partial charge < -0.3 is 0 Å². The third-order valence-electron chi connectivity index (χ3n) is 3.97. The standard InChI is InChI=1S/C15H24ClFP.Pd/c1-14(2,3)18(11-16,15(4,5)6)13-9-7-12(17)8-10-13;/h7-11,18H,1-6H3;. The molecule has 0 aliphatic heterocycles. The molecular weight excluding hydrogens is 372 g/mol. The maximum absolute atomic E-state index is 13.2. The first kappa shape index (κ1) is 17.6. The second kappa shape index (κ2) is 5.73. The van der Waals surface area contributed by atoms with Crippen LogP contribution in [0.2, 0.25) is 0 Å². The molecule has 19 heavy (non-hydrogen) atoms. The van der Waals surface area contributed by atoms with Gasteiger partial charge in [-0.2, -0.15) is 0 Å². The van der Waals surface area contributed by atoms with Gasteiger partial charge in [-0.15, -0.1) is 0 Å². The summed E-state index contributed by atoms with van der Waals surface area (Å²) in [6.07, 6.45) is 0. The summed E-state index contributed by atoms with van der Waals surface area (Å²) in [6.45, 7) is 13.5. The van der Waals surface area contributed by atoms with Crippen LogP contribution >= 0.6 is 18.9 Å². The van der Waals surface area contributed by atoms with E-state index in [0.717, 1.165) is 0 Å². The average Bonchev–Trinajstić information content (AvgIpc) is 2.16. The Labute approximate surface area is 133 Å². The molecule has 1 rings (SSSR count). The molecule has 1 aromatic carbocycles. The Morgan fingerprint density at radius 3 is 1.63 bits per heavy atom.